The molecule has 3 heteroatoms. The van der Waals surface area contributed by atoms with Crippen LogP contribution in [0.2, 0.25) is 0 Å². The van der Waals surface area contributed by atoms with Gasteiger partial charge in [-0.2, -0.15) is 0 Å². The second-order valence-electron chi connectivity index (χ2n) is 5.31. The lowest BCUT2D eigenvalue weighted by Crippen LogP contribution is -2.38. The molecule has 0 radical (unpaired) electrons. The molecular weight excluding hydrogens is 216 g/mol. The van der Waals surface area contributed by atoms with Gasteiger partial charge >= 0.3 is 0 Å². The highest BCUT2D eigenvalue weighted by Crippen LogP contribution is 2.25. The Morgan fingerprint density at radius 3 is 2.44 bits per heavy atom. The summed E-state index contributed by atoms with van der Waals surface area (Å²) in [5.41, 5.74) is 5.58. The van der Waals surface area contributed by atoms with Crippen LogP contribution in [0.5, 0.6) is 0 Å². The van der Waals surface area contributed by atoms with Crippen LogP contribution in [0.3, 0.4) is 0 Å². The fraction of sp³-hybridized carbons (Fsp3) is 0.923. The lowest BCUT2D eigenvalue weighted by Gasteiger charge is -2.32. The van der Waals surface area contributed by atoms with E-state index in [1.54, 1.807) is 0 Å². The van der Waals surface area contributed by atoms with Crippen molar-refractivity contribution in [3.63, 3.8) is 0 Å². The van der Waals surface area contributed by atoms with Gasteiger partial charge in [0.2, 0.25) is 0 Å². The highest BCUT2D eigenvalue weighted by Gasteiger charge is 2.18. The second kappa shape index (κ2) is 7.23. The molecule has 0 saturated heterocycles. The summed E-state index contributed by atoms with van der Waals surface area (Å²) in [5.74, 6) is 0.905. The van der Waals surface area contributed by atoms with Gasteiger partial charge in [-0.05, 0) is 32.6 Å². The Hall–Kier alpha value is -0.150. The van der Waals surface area contributed by atoms with E-state index in [2.05, 4.69) is 18.7 Å². The van der Waals surface area contributed by atoms with E-state index in [0.717, 1.165) is 18.9 Å². The normalized spacial score (nSPS) is 18.2. The van der Waals surface area contributed by atoms with Crippen LogP contribution in [-0.4, -0.2) is 29.0 Å². The van der Waals surface area contributed by atoms with Crippen molar-refractivity contribution in [2.45, 2.75) is 58.4 Å². The van der Waals surface area contributed by atoms with Gasteiger partial charge in [-0.15, -0.1) is 0 Å². The van der Waals surface area contributed by atoms with Gasteiger partial charge in [0.1, 0.15) is 0 Å². The van der Waals surface area contributed by atoms with Crippen LogP contribution in [0.25, 0.3) is 0 Å². The fourth-order valence-corrected chi connectivity index (χ4v) is 2.61. The first-order valence-corrected chi connectivity index (χ1v) is 7.02. The molecule has 0 unspecified atom stereocenters. The molecule has 2 N–H and O–H groups in total. The van der Waals surface area contributed by atoms with Crippen molar-refractivity contribution in [1.29, 1.82) is 0 Å². The SMILES string of the molecule is CC(C)N(CCC(N)=S)CC1CCCCC1. The summed E-state index contributed by atoms with van der Waals surface area (Å²) < 4.78 is 0. The first kappa shape index (κ1) is 13.9. The van der Waals surface area contributed by atoms with Crippen LogP contribution in [0.15, 0.2) is 0 Å². The highest BCUT2D eigenvalue weighted by atomic mass is 32.1. The highest BCUT2D eigenvalue weighted by molar-refractivity contribution is 7.80. The maximum absolute atomic E-state index is 5.58. The molecule has 1 saturated carbocycles. The van der Waals surface area contributed by atoms with Gasteiger partial charge in [-0.3, -0.25) is 0 Å². The zero-order valence-corrected chi connectivity index (χ0v) is 11.6. The molecule has 16 heavy (non-hydrogen) atoms. The molecule has 0 spiro atoms. The largest absolute Gasteiger partial charge is 0.393 e. The molecule has 0 heterocycles. The maximum atomic E-state index is 5.58. The molecular formula is C13H26N2S. The summed E-state index contributed by atoms with van der Waals surface area (Å²) in [6, 6.07) is 0.608. The monoisotopic (exact) mass is 242 g/mol. The third-order valence-corrected chi connectivity index (χ3v) is 3.80. The first-order chi connectivity index (χ1) is 7.59. The quantitative estimate of drug-likeness (QED) is 0.726. The summed E-state index contributed by atoms with van der Waals surface area (Å²) in [6.45, 7) is 6.80. The van der Waals surface area contributed by atoms with E-state index < -0.39 is 0 Å². The molecule has 0 aromatic heterocycles. The zero-order valence-electron chi connectivity index (χ0n) is 10.7. The summed E-state index contributed by atoms with van der Waals surface area (Å²) in [4.78, 5) is 3.18. The molecule has 0 bridgehead atoms. The molecule has 0 aromatic rings. The number of rotatable bonds is 6. The van der Waals surface area contributed by atoms with Crippen molar-refractivity contribution in [1.82, 2.24) is 4.90 Å². The molecule has 1 aliphatic carbocycles. The van der Waals surface area contributed by atoms with Gasteiger partial charge in [-0.25, -0.2) is 0 Å². The van der Waals surface area contributed by atoms with E-state index >= 15 is 0 Å². The summed E-state index contributed by atoms with van der Waals surface area (Å²) >= 11 is 4.96. The van der Waals surface area contributed by atoms with Gasteiger partial charge in [0, 0.05) is 25.6 Å². The first-order valence-electron chi connectivity index (χ1n) is 6.62. The minimum atomic E-state index is 0.608. The van der Waals surface area contributed by atoms with E-state index in [0.29, 0.717) is 11.0 Å². The Labute approximate surface area is 106 Å². The average Bonchev–Trinajstić information content (AvgIpc) is 2.25. The Kier molecular flexibility index (Phi) is 6.29. The molecule has 1 fully saturated rings. The number of nitrogens with zero attached hydrogens (tertiary/aromatic N) is 1. The van der Waals surface area contributed by atoms with E-state index in [4.69, 9.17) is 18.0 Å². The van der Waals surface area contributed by atoms with Crippen LogP contribution in [0.4, 0.5) is 0 Å². The van der Waals surface area contributed by atoms with Crippen LogP contribution < -0.4 is 5.73 Å². The van der Waals surface area contributed by atoms with Crippen molar-refractivity contribution in [3.8, 4) is 0 Å². The second-order valence-corrected chi connectivity index (χ2v) is 5.83. The third-order valence-electron chi connectivity index (χ3n) is 3.59. The van der Waals surface area contributed by atoms with Crippen LogP contribution >= 0.6 is 12.2 Å². The van der Waals surface area contributed by atoms with Crippen LogP contribution in [-0.2, 0) is 0 Å². The molecule has 1 rings (SSSR count). The van der Waals surface area contributed by atoms with Gasteiger partial charge in [0.15, 0.2) is 0 Å². The van der Waals surface area contributed by atoms with E-state index in [9.17, 15) is 0 Å². The van der Waals surface area contributed by atoms with Crippen molar-refractivity contribution >= 4 is 17.2 Å². The zero-order chi connectivity index (χ0) is 12.0. The number of thiocarbonyl (C=S) groups is 1. The van der Waals surface area contributed by atoms with Crippen molar-refractivity contribution in [2.24, 2.45) is 11.7 Å². The summed E-state index contributed by atoms with van der Waals surface area (Å²) in [5, 5.41) is 0. The van der Waals surface area contributed by atoms with Crippen LogP contribution in [0.1, 0.15) is 52.4 Å². The maximum Gasteiger partial charge on any atom is 0.0740 e. The number of hydrogen-bond acceptors (Lipinski definition) is 2. The fourth-order valence-electron chi connectivity index (χ4n) is 2.52. The molecule has 1 aliphatic rings. The predicted molar refractivity (Wildman–Crippen MR) is 74.7 cm³/mol. The van der Waals surface area contributed by atoms with E-state index in [1.165, 1.54) is 38.6 Å². The Morgan fingerprint density at radius 2 is 1.94 bits per heavy atom. The van der Waals surface area contributed by atoms with Gasteiger partial charge in [0.05, 0.1) is 4.99 Å². The molecule has 0 atom stereocenters. The van der Waals surface area contributed by atoms with Crippen LogP contribution in [0, 0.1) is 5.92 Å². The molecule has 0 amide bonds. The van der Waals surface area contributed by atoms with Crippen molar-refractivity contribution < 1.29 is 0 Å². The summed E-state index contributed by atoms with van der Waals surface area (Å²) in [7, 11) is 0. The Balaban J connectivity index is 2.34. The smallest absolute Gasteiger partial charge is 0.0740 e. The molecule has 0 aliphatic heterocycles. The Bertz CT molecular complexity index is 210. The number of hydrogen-bond donors (Lipinski definition) is 1. The van der Waals surface area contributed by atoms with Crippen molar-refractivity contribution in [3.05, 3.63) is 0 Å². The Morgan fingerprint density at radius 1 is 1.31 bits per heavy atom. The standard InChI is InChI=1S/C13H26N2S/c1-11(2)15(9-8-13(14)16)10-12-6-4-3-5-7-12/h11-12H,3-10H2,1-2H3,(H2,14,16). The molecule has 2 nitrogen and oxygen atoms in total. The van der Waals surface area contributed by atoms with E-state index in [1.807, 2.05) is 0 Å². The molecule has 94 valence electrons. The van der Waals surface area contributed by atoms with Crippen molar-refractivity contribution in [2.75, 3.05) is 13.1 Å². The minimum absolute atomic E-state index is 0.608. The summed E-state index contributed by atoms with van der Waals surface area (Å²) in [6.07, 6.45) is 7.97. The minimum Gasteiger partial charge on any atom is -0.393 e. The lowest BCUT2D eigenvalue weighted by molar-refractivity contribution is 0.170. The average molecular weight is 242 g/mol. The lowest BCUT2D eigenvalue weighted by atomic mass is 9.88. The predicted octanol–water partition coefficient (Wildman–Crippen LogP) is 2.95. The third kappa shape index (κ3) is 5.26. The topological polar surface area (TPSA) is 29.3 Å². The molecule has 0 aromatic carbocycles. The van der Waals surface area contributed by atoms with Gasteiger partial charge in [0.25, 0.3) is 0 Å². The number of nitrogens with two attached hydrogens (primary N) is 1. The van der Waals surface area contributed by atoms with Gasteiger partial charge < -0.3 is 10.6 Å². The van der Waals surface area contributed by atoms with Gasteiger partial charge in [-0.1, -0.05) is 31.5 Å². The van der Waals surface area contributed by atoms with E-state index in [-0.39, 0.29) is 0 Å².